The van der Waals surface area contributed by atoms with Gasteiger partial charge in [-0.15, -0.1) is 0 Å². The fourth-order valence-corrected chi connectivity index (χ4v) is 7.23. The van der Waals surface area contributed by atoms with Gasteiger partial charge in [-0.2, -0.15) is 4.58 Å². The van der Waals surface area contributed by atoms with Gasteiger partial charge in [0.15, 0.2) is 5.71 Å². The molecule has 0 spiro atoms. The first-order valence-electron chi connectivity index (χ1n) is 14.8. The Kier molecular flexibility index (Phi) is 6.16. The smallest absolute Gasteiger partial charge is 0.210 e. The minimum atomic E-state index is -0.103. The van der Waals surface area contributed by atoms with E-state index >= 15 is 0 Å². The topological polar surface area (TPSA) is 7.94 Å². The summed E-state index contributed by atoms with van der Waals surface area (Å²) in [4.78, 5) is 0. The van der Waals surface area contributed by atoms with Crippen molar-refractivity contribution in [3.8, 4) is 0 Å². The van der Waals surface area contributed by atoms with Crippen molar-refractivity contribution in [2.75, 3.05) is 7.05 Å². The van der Waals surface area contributed by atoms with Crippen LogP contribution in [0.25, 0.3) is 45.1 Å². The molecule has 2 heteroatoms. The Morgan fingerprint density at radius 1 is 0.878 bits per heavy atom. The molecule has 2 heterocycles. The Bertz CT molecular complexity index is 2070. The van der Waals surface area contributed by atoms with Crippen LogP contribution in [-0.4, -0.2) is 21.9 Å². The van der Waals surface area contributed by atoms with Crippen LogP contribution < -0.4 is 10.6 Å². The van der Waals surface area contributed by atoms with E-state index in [1.807, 2.05) is 0 Å². The molecule has 0 amide bonds. The van der Waals surface area contributed by atoms with Gasteiger partial charge in [0.05, 0.1) is 5.41 Å². The lowest BCUT2D eigenvalue weighted by atomic mass is 9.79. The fourth-order valence-electron chi connectivity index (χ4n) is 7.23. The maximum absolute atomic E-state index is 4.64. The van der Waals surface area contributed by atoms with E-state index in [4.69, 9.17) is 0 Å². The highest BCUT2D eigenvalue weighted by Crippen LogP contribution is 2.43. The zero-order valence-electron chi connectivity index (χ0n) is 24.3. The third kappa shape index (κ3) is 4.13. The fraction of sp³-hybridized carbons (Fsp3) is 0.205. The number of allylic oxidation sites excluding steroid dienone is 6. The molecule has 0 saturated heterocycles. The Morgan fingerprint density at radius 2 is 1.56 bits per heavy atom. The number of nitrogens with zero attached hydrogens (tertiary/aromatic N) is 2. The van der Waals surface area contributed by atoms with Crippen LogP contribution in [0.15, 0.2) is 109 Å². The van der Waals surface area contributed by atoms with Crippen LogP contribution in [0, 0.1) is 5.92 Å². The third-order valence-corrected chi connectivity index (χ3v) is 9.25. The first-order chi connectivity index (χ1) is 19.9. The minimum absolute atomic E-state index is 0.103. The summed E-state index contributed by atoms with van der Waals surface area (Å²) >= 11 is 0. The number of hydrogen-bond acceptors (Lipinski definition) is 0. The SMILES string of the molecule is C=c1c(=CC=CC2=[N+](C)c3ccc4ccccc4c3C2(C)C)n(CCCC2C=CC=C2)c2ccc3ccccc3c12. The van der Waals surface area contributed by atoms with E-state index in [2.05, 4.69) is 152 Å². The Morgan fingerprint density at radius 3 is 2.34 bits per heavy atom. The van der Waals surface area contributed by atoms with E-state index < -0.39 is 0 Å². The lowest BCUT2D eigenvalue weighted by Gasteiger charge is -2.17. The van der Waals surface area contributed by atoms with E-state index in [9.17, 15) is 0 Å². The van der Waals surface area contributed by atoms with Crippen LogP contribution in [0.1, 0.15) is 32.3 Å². The Labute approximate surface area is 242 Å². The molecule has 7 rings (SSSR count). The van der Waals surface area contributed by atoms with E-state index in [0.29, 0.717) is 5.92 Å². The van der Waals surface area contributed by atoms with Crippen molar-refractivity contribution in [2.45, 2.75) is 38.6 Å². The van der Waals surface area contributed by atoms with E-state index in [-0.39, 0.29) is 5.41 Å². The highest BCUT2D eigenvalue weighted by molar-refractivity contribution is 6.08. The maximum atomic E-state index is 4.64. The zero-order chi connectivity index (χ0) is 28.1. The molecule has 0 bridgehead atoms. The third-order valence-electron chi connectivity index (χ3n) is 9.25. The van der Waals surface area contributed by atoms with Gasteiger partial charge in [0.1, 0.15) is 7.05 Å². The Balaban J connectivity index is 1.32. The number of benzene rings is 4. The van der Waals surface area contributed by atoms with Gasteiger partial charge in [-0.3, -0.25) is 0 Å². The molecule has 5 aromatic rings. The highest BCUT2D eigenvalue weighted by Gasteiger charge is 2.44. The average Bonchev–Trinajstić information content (AvgIpc) is 3.65. The average molecular weight is 534 g/mol. The van der Waals surface area contributed by atoms with Crippen LogP contribution in [0.2, 0.25) is 0 Å². The molecule has 1 aromatic heterocycles. The van der Waals surface area contributed by atoms with Crippen molar-refractivity contribution in [2.24, 2.45) is 5.92 Å². The number of fused-ring (bicyclic) bond motifs is 6. The van der Waals surface area contributed by atoms with Crippen molar-refractivity contribution in [3.63, 3.8) is 0 Å². The summed E-state index contributed by atoms with van der Waals surface area (Å²) in [7, 11) is 2.20. The zero-order valence-corrected chi connectivity index (χ0v) is 24.3. The molecule has 0 atom stereocenters. The normalized spacial score (nSPS) is 16.9. The molecule has 2 nitrogen and oxygen atoms in total. The summed E-state index contributed by atoms with van der Waals surface area (Å²) in [6.07, 6.45) is 18.1. The second kappa shape index (κ2) is 9.89. The quantitative estimate of drug-likeness (QED) is 0.196. The first kappa shape index (κ1) is 25.5. The molecule has 1 aliphatic carbocycles. The minimum Gasteiger partial charge on any atom is -0.340 e. The van der Waals surface area contributed by atoms with Gasteiger partial charge in [0.2, 0.25) is 5.69 Å². The largest absolute Gasteiger partial charge is 0.340 e. The van der Waals surface area contributed by atoms with E-state index in [1.165, 1.54) is 54.8 Å². The highest BCUT2D eigenvalue weighted by atomic mass is 15.0. The Hall–Kier alpha value is -4.43. The second-order valence-electron chi connectivity index (χ2n) is 12.0. The lowest BCUT2D eigenvalue weighted by Crippen LogP contribution is -2.29. The van der Waals surface area contributed by atoms with Gasteiger partial charge in [-0.1, -0.05) is 91.6 Å². The number of aryl methyl sites for hydroxylation is 1. The summed E-state index contributed by atoms with van der Waals surface area (Å²) in [6, 6.07) is 26.5. The van der Waals surface area contributed by atoms with Crippen molar-refractivity contribution in [1.29, 1.82) is 0 Å². The van der Waals surface area contributed by atoms with E-state index in [0.717, 1.165) is 24.6 Å². The molecule has 202 valence electrons. The molecule has 0 saturated carbocycles. The van der Waals surface area contributed by atoms with Crippen molar-refractivity contribution < 1.29 is 4.58 Å². The van der Waals surface area contributed by atoms with Crippen LogP contribution in [-0.2, 0) is 12.0 Å². The molecule has 2 aliphatic rings. The predicted octanol–water partition coefficient (Wildman–Crippen LogP) is 7.92. The van der Waals surface area contributed by atoms with Gasteiger partial charge in [0.25, 0.3) is 0 Å². The van der Waals surface area contributed by atoms with Crippen molar-refractivity contribution in [1.82, 2.24) is 4.57 Å². The number of hydrogen-bond donors (Lipinski definition) is 0. The molecule has 1 aliphatic heterocycles. The standard InChI is InChI=1S/C39H37N2/c1-27-33(20-11-21-36-39(2,3)38-32-19-10-8-17-30(32)23-25-35(38)40(36)4)41(26-12-15-28-13-5-6-14-28)34-24-22-29-16-7-9-18-31(29)37(27)34/h5-11,13-14,16-25,28H,1,12,15,26H2,2-4H3/q+1. The molecular formula is C39H37N2+. The van der Waals surface area contributed by atoms with Gasteiger partial charge in [-0.25, -0.2) is 0 Å². The van der Waals surface area contributed by atoms with Gasteiger partial charge < -0.3 is 4.57 Å². The second-order valence-corrected chi connectivity index (χ2v) is 12.0. The molecule has 4 aromatic carbocycles. The first-order valence-corrected chi connectivity index (χ1v) is 14.8. The molecule has 0 N–H and O–H groups in total. The monoisotopic (exact) mass is 533 g/mol. The van der Waals surface area contributed by atoms with Crippen LogP contribution in [0.4, 0.5) is 5.69 Å². The van der Waals surface area contributed by atoms with E-state index in [1.54, 1.807) is 0 Å². The van der Waals surface area contributed by atoms with Crippen molar-refractivity contribution >= 4 is 56.5 Å². The lowest BCUT2D eigenvalue weighted by molar-refractivity contribution is -0.401. The summed E-state index contributed by atoms with van der Waals surface area (Å²) in [6.45, 7) is 10.3. The summed E-state index contributed by atoms with van der Waals surface area (Å²) in [5.41, 5.74) is 5.18. The van der Waals surface area contributed by atoms with Gasteiger partial charge in [-0.05, 0) is 72.4 Å². The van der Waals surface area contributed by atoms with Gasteiger partial charge >= 0.3 is 0 Å². The summed E-state index contributed by atoms with van der Waals surface area (Å²) in [5, 5.41) is 8.77. The van der Waals surface area contributed by atoms with Crippen LogP contribution in [0.5, 0.6) is 0 Å². The summed E-state index contributed by atoms with van der Waals surface area (Å²) < 4.78 is 4.86. The number of rotatable bonds is 6. The van der Waals surface area contributed by atoms with Crippen molar-refractivity contribution in [3.05, 3.63) is 125 Å². The summed E-state index contributed by atoms with van der Waals surface area (Å²) in [5.74, 6) is 0.554. The van der Waals surface area contributed by atoms with Crippen LogP contribution >= 0.6 is 0 Å². The van der Waals surface area contributed by atoms with Crippen LogP contribution in [0.3, 0.4) is 0 Å². The molecule has 0 radical (unpaired) electrons. The van der Waals surface area contributed by atoms with Gasteiger partial charge in [0, 0.05) is 45.7 Å². The molecular weight excluding hydrogens is 496 g/mol. The predicted molar refractivity (Wildman–Crippen MR) is 177 cm³/mol. The maximum Gasteiger partial charge on any atom is 0.210 e. The molecule has 41 heavy (non-hydrogen) atoms. The number of aromatic nitrogens is 1. The molecule has 0 unspecified atom stereocenters. The molecule has 0 fully saturated rings.